The molecule has 0 aromatic heterocycles. The van der Waals surface area contributed by atoms with Gasteiger partial charge in [0.2, 0.25) is 0 Å². The first-order valence-electron chi connectivity index (χ1n) is 4.76. The Morgan fingerprint density at radius 2 is 2.07 bits per heavy atom. The average Bonchev–Trinajstić information content (AvgIpc) is 2.28. The lowest BCUT2D eigenvalue weighted by atomic mass is 10.2. The van der Waals surface area contributed by atoms with Gasteiger partial charge in [0, 0.05) is 6.08 Å². The summed E-state index contributed by atoms with van der Waals surface area (Å²) in [6.45, 7) is 0.699. The van der Waals surface area contributed by atoms with Gasteiger partial charge in [-0.15, -0.1) is 0 Å². The zero-order chi connectivity index (χ0) is 10.5. The van der Waals surface area contributed by atoms with Crippen LogP contribution in [0.1, 0.15) is 5.56 Å². The summed E-state index contributed by atoms with van der Waals surface area (Å²) in [5.74, 6) is 0.524. The highest BCUT2D eigenvalue weighted by molar-refractivity contribution is 6.00. The second-order valence-corrected chi connectivity index (χ2v) is 3.26. The van der Waals surface area contributed by atoms with E-state index in [4.69, 9.17) is 4.74 Å². The standard InChI is InChI=1S/C12H11NO2/c14-11-6-12(8-13-7-11)15-9-10-4-2-1-3-5-10/h1-6,8H,7,9H2. The Hall–Kier alpha value is -1.90. The van der Waals surface area contributed by atoms with Gasteiger partial charge in [-0.05, 0) is 5.56 Å². The molecular weight excluding hydrogens is 190 g/mol. The van der Waals surface area contributed by atoms with Crippen molar-refractivity contribution >= 4 is 12.0 Å². The van der Waals surface area contributed by atoms with Gasteiger partial charge in [-0.3, -0.25) is 9.79 Å². The molecule has 0 N–H and O–H groups in total. The molecule has 0 saturated heterocycles. The van der Waals surface area contributed by atoms with Crippen LogP contribution in [0.25, 0.3) is 0 Å². The van der Waals surface area contributed by atoms with Crippen molar-refractivity contribution in [2.45, 2.75) is 6.61 Å². The molecule has 3 nitrogen and oxygen atoms in total. The molecule has 0 bridgehead atoms. The van der Waals surface area contributed by atoms with Gasteiger partial charge >= 0.3 is 0 Å². The maximum absolute atomic E-state index is 11.0. The summed E-state index contributed by atoms with van der Waals surface area (Å²) in [7, 11) is 0. The molecule has 0 aliphatic carbocycles. The van der Waals surface area contributed by atoms with Crippen molar-refractivity contribution in [1.82, 2.24) is 0 Å². The predicted molar refractivity (Wildman–Crippen MR) is 57.7 cm³/mol. The number of allylic oxidation sites excluding steroid dienone is 1. The van der Waals surface area contributed by atoms with Crippen LogP contribution in [0.15, 0.2) is 47.2 Å². The topological polar surface area (TPSA) is 38.7 Å². The first-order chi connectivity index (χ1) is 7.34. The van der Waals surface area contributed by atoms with Crippen LogP contribution in [0.3, 0.4) is 0 Å². The summed E-state index contributed by atoms with van der Waals surface area (Å²) in [5, 5.41) is 0. The molecule has 0 amide bonds. The zero-order valence-electron chi connectivity index (χ0n) is 8.22. The maximum atomic E-state index is 11.0. The Kier molecular flexibility index (Phi) is 2.93. The molecular formula is C12H11NO2. The van der Waals surface area contributed by atoms with Crippen LogP contribution in [0.5, 0.6) is 0 Å². The van der Waals surface area contributed by atoms with Crippen molar-refractivity contribution < 1.29 is 9.53 Å². The van der Waals surface area contributed by atoms with Crippen molar-refractivity contribution in [2.24, 2.45) is 4.99 Å². The van der Waals surface area contributed by atoms with Gasteiger partial charge in [-0.25, -0.2) is 0 Å². The van der Waals surface area contributed by atoms with Crippen molar-refractivity contribution in [2.75, 3.05) is 6.54 Å². The number of ether oxygens (including phenoxy) is 1. The second kappa shape index (κ2) is 4.55. The molecule has 1 aliphatic rings. The molecule has 3 heteroatoms. The lowest BCUT2D eigenvalue weighted by Crippen LogP contribution is -2.08. The van der Waals surface area contributed by atoms with E-state index in [1.807, 2.05) is 30.3 Å². The van der Waals surface area contributed by atoms with E-state index in [1.54, 1.807) is 6.21 Å². The number of hydrogen-bond donors (Lipinski definition) is 0. The summed E-state index contributed by atoms with van der Waals surface area (Å²) in [5.41, 5.74) is 1.07. The number of benzene rings is 1. The van der Waals surface area contributed by atoms with E-state index >= 15 is 0 Å². The number of carbonyl (C=O) groups excluding carboxylic acids is 1. The summed E-state index contributed by atoms with van der Waals surface area (Å²) in [4.78, 5) is 14.9. The van der Waals surface area contributed by atoms with Gasteiger partial charge < -0.3 is 4.74 Å². The molecule has 1 aromatic rings. The third-order valence-corrected chi connectivity index (χ3v) is 2.02. The molecule has 0 atom stereocenters. The largest absolute Gasteiger partial charge is 0.487 e. The lowest BCUT2D eigenvalue weighted by Gasteiger charge is -2.08. The van der Waals surface area contributed by atoms with Crippen LogP contribution in [0.2, 0.25) is 0 Å². The van der Waals surface area contributed by atoms with Crippen LogP contribution in [-0.2, 0) is 16.1 Å². The molecule has 1 heterocycles. The first kappa shape index (κ1) is 9.65. The normalized spacial score (nSPS) is 14.9. The Balaban J connectivity index is 1.94. The minimum Gasteiger partial charge on any atom is -0.487 e. The highest BCUT2D eigenvalue weighted by Crippen LogP contribution is 2.06. The second-order valence-electron chi connectivity index (χ2n) is 3.26. The highest BCUT2D eigenvalue weighted by atomic mass is 16.5. The minimum absolute atomic E-state index is 0.0134. The number of rotatable bonds is 3. The van der Waals surface area contributed by atoms with Crippen molar-refractivity contribution in [1.29, 1.82) is 0 Å². The van der Waals surface area contributed by atoms with Crippen LogP contribution < -0.4 is 0 Å². The van der Waals surface area contributed by atoms with Crippen molar-refractivity contribution in [3.8, 4) is 0 Å². The highest BCUT2D eigenvalue weighted by Gasteiger charge is 2.05. The Bertz CT molecular complexity index is 407. The van der Waals surface area contributed by atoms with Crippen molar-refractivity contribution in [3.05, 3.63) is 47.7 Å². The van der Waals surface area contributed by atoms with Gasteiger partial charge in [-0.1, -0.05) is 30.3 Å². The molecule has 2 rings (SSSR count). The van der Waals surface area contributed by atoms with E-state index in [0.29, 0.717) is 12.4 Å². The van der Waals surface area contributed by atoms with Crippen LogP contribution in [-0.4, -0.2) is 18.5 Å². The monoisotopic (exact) mass is 201 g/mol. The molecule has 1 aromatic carbocycles. The molecule has 15 heavy (non-hydrogen) atoms. The van der Waals surface area contributed by atoms with E-state index < -0.39 is 0 Å². The number of nitrogens with zero attached hydrogens (tertiary/aromatic N) is 1. The summed E-state index contributed by atoms with van der Waals surface area (Å²) < 4.78 is 5.43. The molecule has 1 aliphatic heterocycles. The fourth-order valence-corrected chi connectivity index (χ4v) is 1.29. The SMILES string of the molecule is O=C1C=C(OCc2ccccc2)C=NC1. The van der Waals surface area contributed by atoms with Gasteiger partial charge in [0.25, 0.3) is 0 Å². The molecule has 0 unspecified atom stereocenters. The summed E-state index contributed by atoms with van der Waals surface area (Å²) in [6.07, 6.45) is 3.07. The molecule has 0 fully saturated rings. The number of ketones is 1. The van der Waals surface area contributed by atoms with Crippen molar-refractivity contribution in [3.63, 3.8) is 0 Å². The Labute approximate surface area is 88.1 Å². The third-order valence-electron chi connectivity index (χ3n) is 2.02. The molecule has 0 spiro atoms. The predicted octanol–water partition coefficient (Wildman–Crippen LogP) is 1.74. The Morgan fingerprint density at radius 3 is 2.80 bits per heavy atom. The van der Waals surface area contributed by atoms with E-state index in [2.05, 4.69) is 4.99 Å². The van der Waals surface area contributed by atoms with Crippen LogP contribution >= 0.6 is 0 Å². The quantitative estimate of drug-likeness (QED) is 0.747. The number of dihydropyridines is 1. The van der Waals surface area contributed by atoms with E-state index in [0.717, 1.165) is 5.56 Å². The van der Waals surface area contributed by atoms with Gasteiger partial charge in [0.05, 0.1) is 6.21 Å². The van der Waals surface area contributed by atoms with E-state index in [9.17, 15) is 4.79 Å². The minimum atomic E-state index is -0.0134. The molecule has 76 valence electrons. The maximum Gasteiger partial charge on any atom is 0.180 e. The third kappa shape index (κ3) is 2.77. The number of aliphatic imine (C=N–C) groups is 1. The summed E-state index contributed by atoms with van der Waals surface area (Å²) in [6, 6.07) is 9.80. The fourth-order valence-electron chi connectivity index (χ4n) is 1.29. The zero-order valence-corrected chi connectivity index (χ0v) is 8.22. The fraction of sp³-hybridized carbons (Fsp3) is 0.167. The molecule has 0 saturated carbocycles. The van der Waals surface area contributed by atoms with Gasteiger partial charge in [0.15, 0.2) is 5.78 Å². The summed E-state index contributed by atoms with van der Waals surface area (Å²) >= 11 is 0. The average molecular weight is 201 g/mol. The Morgan fingerprint density at radius 1 is 1.27 bits per heavy atom. The van der Waals surface area contributed by atoms with Crippen LogP contribution in [0, 0.1) is 0 Å². The number of hydrogen-bond acceptors (Lipinski definition) is 3. The van der Waals surface area contributed by atoms with Crippen LogP contribution in [0.4, 0.5) is 0 Å². The van der Waals surface area contributed by atoms with E-state index in [-0.39, 0.29) is 12.3 Å². The molecule has 0 radical (unpaired) electrons. The first-order valence-corrected chi connectivity index (χ1v) is 4.76. The van der Waals surface area contributed by atoms with Gasteiger partial charge in [0.1, 0.15) is 18.9 Å². The van der Waals surface area contributed by atoms with E-state index in [1.165, 1.54) is 6.08 Å². The lowest BCUT2D eigenvalue weighted by molar-refractivity contribution is -0.113. The number of carbonyl (C=O) groups is 1. The van der Waals surface area contributed by atoms with Gasteiger partial charge in [-0.2, -0.15) is 0 Å². The smallest absolute Gasteiger partial charge is 0.180 e.